The quantitative estimate of drug-likeness (QED) is 0.845. The van der Waals surface area contributed by atoms with Crippen molar-refractivity contribution in [2.75, 3.05) is 5.33 Å². The van der Waals surface area contributed by atoms with Gasteiger partial charge in [-0.25, -0.2) is 4.39 Å². The number of amides is 1. The molecule has 96 valence electrons. The normalized spacial score (nSPS) is 12.6. The molecule has 18 heavy (non-hydrogen) atoms. The number of hydrogen-bond donors (Lipinski definition) is 1. The number of thiophene rings is 1. The van der Waals surface area contributed by atoms with Crippen LogP contribution in [0.3, 0.4) is 0 Å². The molecule has 0 spiro atoms. The van der Waals surface area contributed by atoms with Gasteiger partial charge in [0.25, 0.3) is 5.91 Å². The van der Waals surface area contributed by atoms with Gasteiger partial charge >= 0.3 is 0 Å². The van der Waals surface area contributed by atoms with Crippen molar-refractivity contribution in [1.82, 2.24) is 5.32 Å². The third-order valence-electron chi connectivity index (χ3n) is 2.63. The first-order valence-corrected chi connectivity index (χ1v) is 7.60. The van der Waals surface area contributed by atoms with Crippen molar-refractivity contribution in [2.24, 2.45) is 0 Å². The summed E-state index contributed by atoms with van der Waals surface area (Å²) in [7, 11) is 0. The highest BCUT2D eigenvalue weighted by molar-refractivity contribution is 9.09. The molecule has 0 aliphatic carbocycles. The van der Waals surface area contributed by atoms with Gasteiger partial charge in [-0.3, -0.25) is 4.79 Å². The number of alkyl halides is 1. The molecule has 1 heterocycles. The Hall–Kier alpha value is -0.940. The van der Waals surface area contributed by atoms with Gasteiger partial charge < -0.3 is 5.32 Å². The molecule has 0 aliphatic heterocycles. The number of nitrogens with one attached hydrogen (secondary N) is 1. The number of benzene rings is 1. The molecule has 2 aromatic rings. The summed E-state index contributed by atoms with van der Waals surface area (Å²) in [5.74, 6) is -0.367. The Morgan fingerprint density at radius 1 is 1.50 bits per heavy atom. The molecular formula is C13H13BrFNOS. The molecule has 0 bridgehead atoms. The number of hydrogen-bond acceptors (Lipinski definition) is 2. The van der Waals surface area contributed by atoms with Crippen molar-refractivity contribution in [3.8, 4) is 0 Å². The molecule has 1 amide bonds. The second-order valence-electron chi connectivity index (χ2n) is 4.14. The summed E-state index contributed by atoms with van der Waals surface area (Å²) in [6.45, 7) is 1.96. The summed E-state index contributed by atoms with van der Waals surface area (Å²) >= 11 is 4.66. The van der Waals surface area contributed by atoms with Gasteiger partial charge in [-0.2, -0.15) is 0 Å². The van der Waals surface area contributed by atoms with E-state index in [2.05, 4.69) is 21.2 Å². The van der Waals surface area contributed by atoms with Gasteiger partial charge in [0.15, 0.2) is 0 Å². The molecule has 1 aromatic heterocycles. The minimum atomic E-state index is -0.274. The van der Waals surface area contributed by atoms with Crippen LogP contribution in [0.15, 0.2) is 24.3 Å². The Balaban J connectivity index is 2.18. The molecule has 0 aliphatic rings. The molecule has 0 radical (unpaired) electrons. The zero-order valence-corrected chi connectivity index (χ0v) is 12.3. The predicted molar refractivity (Wildman–Crippen MR) is 77.1 cm³/mol. The molecule has 0 fully saturated rings. The summed E-state index contributed by atoms with van der Waals surface area (Å²) in [6, 6.07) is 6.48. The van der Waals surface area contributed by atoms with E-state index >= 15 is 0 Å². The third kappa shape index (κ3) is 3.09. The van der Waals surface area contributed by atoms with Crippen molar-refractivity contribution in [1.29, 1.82) is 0 Å². The van der Waals surface area contributed by atoms with Crippen LogP contribution >= 0.6 is 27.3 Å². The average Bonchev–Trinajstić information content (AvgIpc) is 2.72. The summed E-state index contributed by atoms with van der Waals surface area (Å²) < 4.78 is 13.9. The van der Waals surface area contributed by atoms with Gasteiger partial charge in [-0.1, -0.05) is 22.0 Å². The van der Waals surface area contributed by atoms with Crippen molar-refractivity contribution < 1.29 is 9.18 Å². The smallest absolute Gasteiger partial charge is 0.261 e. The molecule has 1 N–H and O–H groups in total. The molecule has 0 saturated carbocycles. The van der Waals surface area contributed by atoms with Crippen LogP contribution in [-0.2, 0) is 0 Å². The van der Waals surface area contributed by atoms with E-state index in [1.165, 1.54) is 23.5 Å². The van der Waals surface area contributed by atoms with Crippen molar-refractivity contribution >= 4 is 43.3 Å². The van der Waals surface area contributed by atoms with E-state index in [9.17, 15) is 9.18 Å². The molecule has 2 rings (SSSR count). The molecule has 2 nitrogen and oxygen atoms in total. The van der Waals surface area contributed by atoms with E-state index in [0.717, 1.165) is 21.8 Å². The minimum Gasteiger partial charge on any atom is -0.349 e. The second-order valence-corrected chi connectivity index (χ2v) is 6.02. The lowest BCUT2D eigenvalue weighted by molar-refractivity contribution is 0.0944. The topological polar surface area (TPSA) is 29.1 Å². The maximum atomic E-state index is 13.1. The number of rotatable bonds is 4. The predicted octanol–water partition coefficient (Wildman–Crippen LogP) is 3.94. The molecule has 5 heteroatoms. The second kappa shape index (κ2) is 5.80. The zero-order chi connectivity index (χ0) is 13.1. The number of carbonyl (C=O) groups is 1. The highest BCUT2D eigenvalue weighted by atomic mass is 79.9. The monoisotopic (exact) mass is 329 g/mol. The maximum Gasteiger partial charge on any atom is 0.261 e. The van der Waals surface area contributed by atoms with E-state index in [1.807, 2.05) is 6.92 Å². The fraction of sp³-hybridized carbons (Fsp3) is 0.308. The number of halogens is 2. The molecule has 1 aromatic carbocycles. The average molecular weight is 330 g/mol. The summed E-state index contributed by atoms with van der Waals surface area (Å²) in [5.41, 5.74) is 0. The standard InChI is InChI=1S/C13H13BrFNOS/c1-8(4-5-14)16-13(17)12-6-9-2-3-10(15)7-11(9)18-12/h2-3,6-8H,4-5H2,1H3,(H,16,17). The van der Waals surface area contributed by atoms with E-state index < -0.39 is 0 Å². The van der Waals surface area contributed by atoms with Crippen molar-refractivity contribution in [2.45, 2.75) is 19.4 Å². The van der Waals surface area contributed by atoms with Crippen LogP contribution in [-0.4, -0.2) is 17.3 Å². The lowest BCUT2D eigenvalue weighted by atomic mass is 10.2. The van der Waals surface area contributed by atoms with Crippen molar-refractivity contribution in [3.63, 3.8) is 0 Å². The molecule has 1 unspecified atom stereocenters. The van der Waals surface area contributed by atoms with Gasteiger partial charge in [0.05, 0.1) is 4.88 Å². The summed E-state index contributed by atoms with van der Waals surface area (Å²) in [5, 5.41) is 4.68. The fourth-order valence-corrected chi connectivity index (χ4v) is 3.33. The Kier molecular flexibility index (Phi) is 4.35. The zero-order valence-electron chi connectivity index (χ0n) is 9.87. The summed E-state index contributed by atoms with van der Waals surface area (Å²) in [4.78, 5) is 12.6. The van der Waals surface area contributed by atoms with Gasteiger partial charge in [-0.15, -0.1) is 11.3 Å². The third-order valence-corrected chi connectivity index (χ3v) is 4.18. The van der Waals surface area contributed by atoms with Crippen LogP contribution < -0.4 is 5.32 Å². The van der Waals surface area contributed by atoms with Gasteiger partial charge in [0.1, 0.15) is 5.82 Å². The van der Waals surface area contributed by atoms with E-state index in [4.69, 9.17) is 0 Å². The Morgan fingerprint density at radius 3 is 3.00 bits per heavy atom. The van der Waals surface area contributed by atoms with Crippen LogP contribution in [0.5, 0.6) is 0 Å². The van der Waals surface area contributed by atoms with E-state index in [0.29, 0.717) is 4.88 Å². The first-order chi connectivity index (χ1) is 8.60. The molecule has 1 atom stereocenters. The van der Waals surface area contributed by atoms with E-state index in [1.54, 1.807) is 12.1 Å². The molecular weight excluding hydrogens is 317 g/mol. The highest BCUT2D eigenvalue weighted by Crippen LogP contribution is 2.26. The van der Waals surface area contributed by atoms with Crippen LogP contribution in [0, 0.1) is 5.82 Å². The van der Waals surface area contributed by atoms with Crippen LogP contribution in [0.1, 0.15) is 23.0 Å². The Morgan fingerprint density at radius 2 is 2.28 bits per heavy atom. The van der Waals surface area contributed by atoms with Crippen LogP contribution in [0.25, 0.3) is 10.1 Å². The maximum absolute atomic E-state index is 13.1. The van der Waals surface area contributed by atoms with Crippen LogP contribution in [0.4, 0.5) is 4.39 Å². The van der Waals surface area contributed by atoms with Gasteiger partial charge in [0, 0.05) is 16.1 Å². The Labute approximate surface area is 117 Å². The fourth-order valence-electron chi connectivity index (χ4n) is 1.65. The lowest BCUT2D eigenvalue weighted by Gasteiger charge is -2.10. The van der Waals surface area contributed by atoms with Crippen LogP contribution in [0.2, 0.25) is 0 Å². The molecule has 0 saturated heterocycles. The minimum absolute atomic E-state index is 0.0925. The number of fused-ring (bicyclic) bond motifs is 1. The number of carbonyl (C=O) groups excluding carboxylic acids is 1. The Bertz CT molecular complexity index is 569. The largest absolute Gasteiger partial charge is 0.349 e. The van der Waals surface area contributed by atoms with Crippen molar-refractivity contribution in [3.05, 3.63) is 35.0 Å². The first kappa shape index (κ1) is 13.5. The SMILES string of the molecule is CC(CCBr)NC(=O)c1cc2ccc(F)cc2s1. The van der Waals surface area contributed by atoms with Gasteiger partial charge in [-0.05, 0) is 36.9 Å². The van der Waals surface area contributed by atoms with Gasteiger partial charge in [0.2, 0.25) is 0 Å². The summed E-state index contributed by atoms with van der Waals surface area (Å²) in [6.07, 6.45) is 0.880. The highest BCUT2D eigenvalue weighted by Gasteiger charge is 2.12. The lowest BCUT2D eigenvalue weighted by Crippen LogP contribution is -2.32. The first-order valence-electron chi connectivity index (χ1n) is 5.66. The van der Waals surface area contributed by atoms with E-state index in [-0.39, 0.29) is 17.8 Å².